The van der Waals surface area contributed by atoms with Gasteiger partial charge in [0.15, 0.2) is 6.61 Å². The maximum absolute atomic E-state index is 12.2. The minimum atomic E-state index is -4.82. The van der Waals surface area contributed by atoms with Crippen LogP contribution in [-0.2, 0) is 9.59 Å². The number of halogens is 3. The summed E-state index contributed by atoms with van der Waals surface area (Å²) in [5.74, 6) is -1.08. The Labute approximate surface area is 146 Å². The van der Waals surface area contributed by atoms with Gasteiger partial charge in [-0.05, 0) is 24.3 Å². The van der Waals surface area contributed by atoms with Crippen LogP contribution in [0.2, 0.25) is 0 Å². The summed E-state index contributed by atoms with van der Waals surface area (Å²) in [5.41, 5.74) is 0.103. The monoisotopic (exact) mass is 368 g/mol. The van der Waals surface area contributed by atoms with E-state index in [4.69, 9.17) is 4.74 Å². The van der Waals surface area contributed by atoms with Crippen molar-refractivity contribution in [3.8, 4) is 11.5 Å². The fourth-order valence-electron chi connectivity index (χ4n) is 1.87. The molecule has 0 atom stereocenters. The molecule has 2 N–H and O–H groups in total. The van der Waals surface area contributed by atoms with E-state index in [1.165, 1.54) is 12.1 Å². The molecular formula is C17H15F3N2O4. The Kier molecular flexibility index (Phi) is 6.42. The van der Waals surface area contributed by atoms with E-state index in [2.05, 4.69) is 15.4 Å². The summed E-state index contributed by atoms with van der Waals surface area (Å²) >= 11 is 0. The van der Waals surface area contributed by atoms with Crippen LogP contribution in [0.4, 0.5) is 18.9 Å². The number of benzene rings is 2. The van der Waals surface area contributed by atoms with Crippen LogP contribution in [0.5, 0.6) is 11.5 Å². The van der Waals surface area contributed by atoms with Gasteiger partial charge in [-0.1, -0.05) is 24.3 Å². The number of rotatable bonds is 7. The number of carbonyl (C=O) groups excluding carboxylic acids is 2. The van der Waals surface area contributed by atoms with Gasteiger partial charge in [0.05, 0.1) is 6.54 Å². The van der Waals surface area contributed by atoms with Gasteiger partial charge in [-0.25, -0.2) is 0 Å². The number of alkyl halides is 3. The number of nitrogens with one attached hydrogen (secondary N) is 2. The molecule has 0 aromatic heterocycles. The van der Waals surface area contributed by atoms with Crippen LogP contribution < -0.4 is 20.1 Å². The number of anilines is 1. The van der Waals surface area contributed by atoms with Gasteiger partial charge in [-0.15, -0.1) is 13.2 Å². The molecule has 0 fully saturated rings. The highest BCUT2D eigenvalue weighted by Gasteiger charge is 2.31. The Morgan fingerprint density at radius 2 is 1.62 bits per heavy atom. The van der Waals surface area contributed by atoms with E-state index in [1.807, 2.05) is 0 Å². The first-order chi connectivity index (χ1) is 12.3. The highest BCUT2D eigenvalue weighted by Crippen LogP contribution is 2.24. The Balaban J connectivity index is 1.76. The predicted molar refractivity (Wildman–Crippen MR) is 86.7 cm³/mol. The van der Waals surface area contributed by atoms with E-state index in [9.17, 15) is 22.8 Å². The second-order valence-corrected chi connectivity index (χ2v) is 5.00. The first-order valence-corrected chi connectivity index (χ1v) is 7.42. The molecule has 9 heteroatoms. The van der Waals surface area contributed by atoms with E-state index in [-0.39, 0.29) is 18.8 Å². The van der Waals surface area contributed by atoms with E-state index < -0.39 is 23.9 Å². The predicted octanol–water partition coefficient (Wildman–Crippen LogP) is 2.72. The van der Waals surface area contributed by atoms with Gasteiger partial charge in [-0.2, -0.15) is 0 Å². The van der Waals surface area contributed by atoms with E-state index in [0.717, 1.165) is 12.1 Å². The number of hydrogen-bond donors (Lipinski definition) is 2. The van der Waals surface area contributed by atoms with E-state index >= 15 is 0 Å². The molecule has 0 saturated heterocycles. The van der Waals surface area contributed by atoms with Crippen LogP contribution >= 0.6 is 0 Å². The zero-order valence-electron chi connectivity index (χ0n) is 13.4. The molecule has 0 aliphatic carbocycles. The Morgan fingerprint density at radius 3 is 2.31 bits per heavy atom. The molecule has 6 nitrogen and oxygen atoms in total. The number of carbonyl (C=O) groups is 2. The van der Waals surface area contributed by atoms with Crippen molar-refractivity contribution >= 4 is 17.5 Å². The molecule has 0 spiro atoms. The fourth-order valence-corrected chi connectivity index (χ4v) is 1.87. The van der Waals surface area contributed by atoms with Crippen LogP contribution in [0, 0.1) is 0 Å². The second kappa shape index (κ2) is 8.75. The van der Waals surface area contributed by atoms with Gasteiger partial charge in [0.1, 0.15) is 11.5 Å². The third kappa shape index (κ3) is 7.12. The molecule has 0 aliphatic rings. The van der Waals surface area contributed by atoms with Crippen molar-refractivity contribution in [3.05, 3.63) is 54.6 Å². The van der Waals surface area contributed by atoms with Gasteiger partial charge < -0.3 is 20.1 Å². The van der Waals surface area contributed by atoms with E-state index in [0.29, 0.717) is 5.75 Å². The summed E-state index contributed by atoms with van der Waals surface area (Å²) in [6.07, 6.45) is -4.82. The lowest BCUT2D eigenvalue weighted by atomic mass is 10.3. The van der Waals surface area contributed by atoms with Crippen molar-refractivity contribution in [1.82, 2.24) is 5.32 Å². The topological polar surface area (TPSA) is 76.7 Å². The van der Waals surface area contributed by atoms with Crippen LogP contribution in [0.25, 0.3) is 0 Å². The van der Waals surface area contributed by atoms with Gasteiger partial charge >= 0.3 is 6.36 Å². The first-order valence-electron chi connectivity index (χ1n) is 7.42. The molecule has 0 unspecified atom stereocenters. The van der Waals surface area contributed by atoms with Crippen molar-refractivity contribution in [2.24, 2.45) is 0 Å². The Morgan fingerprint density at radius 1 is 0.923 bits per heavy atom. The lowest BCUT2D eigenvalue weighted by molar-refractivity contribution is -0.274. The molecule has 0 aliphatic heterocycles. The average Bonchev–Trinajstić information content (AvgIpc) is 2.58. The molecule has 0 saturated carbocycles. The number of amides is 2. The fraction of sp³-hybridized carbons (Fsp3) is 0.176. The average molecular weight is 368 g/mol. The van der Waals surface area contributed by atoms with Crippen molar-refractivity contribution < 1.29 is 32.2 Å². The second-order valence-electron chi connectivity index (χ2n) is 5.00. The summed E-state index contributed by atoms with van der Waals surface area (Å²) in [6.45, 7) is -0.631. The normalized spacial score (nSPS) is 10.7. The van der Waals surface area contributed by atoms with Crippen molar-refractivity contribution in [2.45, 2.75) is 6.36 Å². The van der Waals surface area contributed by atoms with Crippen LogP contribution in [-0.4, -0.2) is 31.3 Å². The minimum Gasteiger partial charge on any atom is -0.484 e. The van der Waals surface area contributed by atoms with E-state index in [1.54, 1.807) is 30.3 Å². The highest BCUT2D eigenvalue weighted by atomic mass is 19.4. The third-order valence-electron chi connectivity index (χ3n) is 2.91. The molecule has 138 valence electrons. The molecule has 0 bridgehead atoms. The standard InChI is InChI=1S/C17H15F3N2O4/c18-17(19,20)26-14-8-4-5-12(9-14)22-15(23)10-21-16(24)11-25-13-6-2-1-3-7-13/h1-9H,10-11H2,(H,21,24)(H,22,23). The van der Waals surface area contributed by atoms with Gasteiger partial charge in [0, 0.05) is 11.8 Å². The summed E-state index contributed by atoms with van der Waals surface area (Å²) < 4.78 is 45.5. The molecule has 2 aromatic carbocycles. The molecule has 0 radical (unpaired) electrons. The molecular weight excluding hydrogens is 353 g/mol. The third-order valence-corrected chi connectivity index (χ3v) is 2.91. The maximum Gasteiger partial charge on any atom is 0.573 e. The van der Waals surface area contributed by atoms with Gasteiger partial charge in [-0.3, -0.25) is 9.59 Å². The Bertz CT molecular complexity index is 751. The van der Waals surface area contributed by atoms with Crippen LogP contribution in [0.3, 0.4) is 0 Å². The number of hydrogen-bond acceptors (Lipinski definition) is 4. The lowest BCUT2D eigenvalue weighted by Gasteiger charge is -2.11. The first kappa shape index (κ1) is 19.1. The van der Waals surface area contributed by atoms with Crippen molar-refractivity contribution in [2.75, 3.05) is 18.5 Å². The summed E-state index contributed by atoms with van der Waals surface area (Å²) in [7, 11) is 0. The lowest BCUT2D eigenvalue weighted by Crippen LogP contribution is -2.35. The molecule has 2 rings (SSSR count). The molecule has 2 amide bonds. The summed E-state index contributed by atoms with van der Waals surface area (Å²) in [5, 5.41) is 4.69. The van der Waals surface area contributed by atoms with Crippen molar-refractivity contribution in [1.29, 1.82) is 0 Å². The quantitative estimate of drug-likeness (QED) is 0.788. The van der Waals surface area contributed by atoms with Gasteiger partial charge in [0.2, 0.25) is 5.91 Å². The largest absolute Gasteiger partial charge is 0.573 e. The van der Waals surface area contributed by atoms with Gasteiger partial charge in [0.25, 0.3) is 5.91 Å². The smallest absolute Gasteiger partial charge is 0.484 e. The summed E-state index contributed by atoms with van der Waals surface area (Å²) in [4.78, 5) is 23.4. The highest BCUT2D eigenvalue weighted by molar-refractivity contribution is 5.94. The van der Waals surface area contributed by atoms with Crippen LogP contribution in [0.15, 0.2) is 54.6 Å². The molecule has 2 aromatic rings. The number of para-hydroxylation sites is 1. The number of ether oxygens (including phenoxy) is 2. The Hall–Kier alpha value is -3.23. The zero-order valence-corrected chi connectivity index (χ0v) is 13.4. The molecule has 26 heavy (non-hydrogen) atoms. The zero-order chi connectivity index (χ0) is 19.0. The van der Waals surface area contributed by atoms with Crippen LogP contribution in [0.1, 0.15) is 0 Å². The summed E-state index contributed by atoms with van der Waals surface area (Å²) in [6, 6.07) is 13.5. The minimum absolute atomic E-state index is 0.103. The van der Waals surface area contributed by atoms with Crippen molar-refractivity contribution in [3.63, 3.8) is 0 Å². The maximum atomic E-state index is 12.2. The molecule has 0 heterocycles. The SMILES string of the molecule is O=C(COc1ccccc1)NCC(=O)Nc1cccc(OC(F)(F)F)c1.